The molecule has 4 nitrogen and oxygen atoms in total. The van der Waals surface area contributed by atoms with Crippen LogP contribution >= 0.6 is 46.4 Å². The molecule has 0 spiro atoms. The van der Waals surface area contributed by atoms with E-state index >= 15 is 0 Å². The van der Waals surface area contributed by atoms with Crippen LogP contribution in [0.2, 0.25) is 20.1 Å². The third-order valence-corrected chi connectivity index (χ3v) is 3.85. The molecule has 0 heterocycles. The van der Waals surface area contributed by atoms with Crippen molar-refractivity contribution in [1.29, 1.82) is 0 Å². The summed E-state index contributed by atoms with van der Waals surface area (Å²) in [5.74, 6) is -0.501. The predicted molar refractivity (Wildman–Crippen MR) is 76.2 cm³/mol. The second-order valence-corrected chi connectivity index (χ2v) is 5.15. The van der Waals surface area contributed by atoms with Crippen LogP contribution in [0, 0.1) is 0 Å². The van der Waals surface area contributed by atoms with Crippen molar-refractivity contribution in [3.63, 3.8) is 0 Å². The third-order valence-electron chi connectivity index (χ3n) is 2.27. The van der Waals surface area contributed by atoms with Gasteiger partial charge in [0.05, 0.1) is 34.8 Å². The average molecular weight is 347 g/mol. The molecule has 0 fully saturated rings. The summed E-state index contributed by atoms with van der Waals surface area (Å²) in [5, 5.41) is 0.871. The molecule has 0 aromatic heterocycles. The number of esters is 1. The molecule has 0 amide bonds. The van der Waals surface area contributed by atoms with Crippen LogP contribution in [0.4, 0.5) is 0 Å². The molecule has 2 N–H and O–H groups in total. The first-order chi connectivity index (χ1) is 8.88. The Morgan fingerprint density at radius 2 is 1.89 bits per heavy atom. The van der Waals surface area contributed by atoms with Gasteiger partial charge in [-0.15, -0.1) is 0 Å². The highest BCUT2D eigenvalue weighted by Crippen LogP contribution is 2.39. The molecule has 1 unspecified atom stereocenters. The number of hydrogen-bond donors (Lipinski definition) is 1. The number of carbonyl (C=O) groups is 1. The summed E-state index contributed by atoms with van der Waals surface area (Å²) < 4.78 is 9.51. The number of ether oxygens (including phenoxy) is 2. The van der Waals surface area contributed by atoms with Crippen LogP contribution in [0.1, 0.15) is 11.6 Å². The van der Waals surface area contributed by atoms with Gasteiger partial charge < -0.3 is 15.2 Å². The lowest BCUT2D eigenvalue weighted by Gasteiger charge is -2.17. The number of benzene rings is 1. The fourth-order valence-corrected chi connectivity index (χ4v) is 2.53. The van der Waals surface area contributed by atoms with Gasteiger partial charge in [0.2, 0.25) is 0 Å². The smallest absolute Gasteiger partial charge is 0.331 e. The van der Waals surface area contributed by atoms with E-state index in [9.17, 15) is 4.79 Å². The van der Waals surface area contributed by atoms with Crippen molar-refractivity contribution in [3.05, 3.63) is 31.7 Å². The van der Waals surface area contributed by atoms with Crippen LogP contribution in [0.3, 0.4) is 0 Å². The molecular formula is C11H11Cl4NO3. The van der Waals surface area contributed by atoms with E-state index in [-0.39, 0.29) is 33.3 Å². The lowest BCUT2D eigenvalue weighted by Crippen LogP contribution is -2.21. The van der Waals surface area contributed by atoms with Crippen LogP contribution < -0.4 is 5.73 Å². The number of hydrogen-bond acceptors (Lipinski definition) is 4. The second-order valence-electron chi connectivity index (χ2n) is 3.58. The van der Waals surface area contributed by atoms with E-state index in [0.29, 0.717) is 5.56 Å². The molecule has 1 rings (SSSR count). The third kappa shape index (κ3) is 4.38. The van der Waals surface area contributed by atoms with E-state index in [0.717, 1.165) is 0 Å². The topological polar surface area (TPSA) is 61.5 Å². The van der Waals surface area contributed by atoms with Crippen molar-refractivity contribution in [1.82, 2.24) is 0 Å². The molecule has 0 bridgehead atoms. The molecule has 0 saturated heterocycles. The first kappa shape index (κ1) is 16.8. The maximum atomic E-state index is 10.9. The molecule has 1 aromatic carbocycles. The Morgan fingerprint density at radius 1 is 1.26 bits per heavy atom. The Hall–Kier alpha value is -0.230. The summed E-state index contributed by atoms with van der Waals surface area (Å²) in [6.07, 6.45) is 0. The molecule has 106 valence electrons. The molecule has 0 saturated carbocycles. The van der Waals surface area contributed by atoms with E-state index in [4.69, 9.17) is 56.9 Å². The Kier molecular flexibility index (Phi) is 6.66. The van der Waals surface area contributed by atoms with Crippen LogP contribution in [-0.4, -0.2) is 26.3 Å². The van der Waals surface area contributed by atoms with Crippen LogP contribution in [0.15, 0.2) is 6.07 Å². The highest BCUT2D eigenvalue weighted by Gasteiger charge is 2.19. The van der Waals surface area contributed by atoms with E-state index in [1.54, 1.807) is 0 Å². The lowest BCUT2D eigenvalue weighted by atomic mass is 10.1. The fraction of sp³-hybridized carbons (Fsp3) is 0.364. The van der Waals surface area contributed by atoms with Crippen molar-refractivity contribution in [2.75, 3.05) is 20.3 Å². The zero-order chi connectivity index (χ0) is 14.6. The van der Waals surface area contributed by atoms with Gasteiger partial charge in [0.1, 0.15) is 6.61 Å². The van der Waals surface area contributed by atoms with Gasteiger partial charge >= 0.3 is 5.97 Å². The van der Waals surface area contributed by atoms with Gasteiger partial charge in [0, 0.05) is 10.6 Å². The largest absolute Gasteiger partial charge is 0.467 e. The van der Waals surface area contributed by atoms with Gasteiger partial charge in [0.25, 0.3) is 0 Å². The zero-order valence-corrected chi connectivity index (χ0v) is 12.9. The van der Waals surface area contributed by atoms with Gasteiger partial charge in [-0.1, -0.05) is 46.4 Å². The first-order valence-corrected chi connectivity index (χ1v) is 6.62. The van der Waals surface area contributed by atoms with Crippen LogP contribution in [-0.2, 0) is 14.3 Å². The lowest BCUT2D eigenvalue weighted by molar-refractivity contribution is -0.146. The molecule has 0 radical (unpaired) electrons. The van der Waals surface area contributed by atoms with E-state index in [1.165, 1.54) is 13.2 Å². The Labute approximate surface area is 130 Å². The van der Waals surface area contributed by atoms with E-state index < -0.39 is 12.0 Å². The summed E-state index contributed by atoms with van der Waals surface area (Å²) in [4.78, 5) is 10.9. The van der Waals surface area contributed by atoms with Crippen molar-refractivity contribution >= 4 is 52.4 Å². The molecular weight excluding hydrogens is 336 g/mol. The minimum Gasteiger partial charge on any atom is -0.467 e. The summed E-state index contributed by atoms with van der Waals surface area (Å²) >= 11 is 23.8. The van der Waals surface area contributed by atoms with Gasteiger partial charge in [-0.05, 0) is 6.07 Å². The zero-order valence-electron chi connectivity index (χ0n) is 9.88. The van der Waals surface area contributed by atoms with Crippen LogP contribution in [0.25, 0.3) is 0 Å². The Bertz CT molecular complexity index is 481. The van der Waals surface area contributed by atoms with Crippen molar-refractivity contribution in [2.45, 2.75) is 6.04 Å². The maximum Gasteiger partial charge on any atom is 0.331 e. The van der Waals surface area contributed by atoms with Gasteiger partial charge in [0.15, 0.2) is 0 Å². The van der Waals surface area contributed by atoms with Crippen molar-refractivity contribution in [3.8, 4) is 0 Å². The second kappa shape index (κ2) is 7.53. The molecule has 8 heteroatoms. The van der Waals surface area contributed by atoms with Gasteiger partial charge in [-0.25, -0.2) is 4.79 Å². The summed E-state index contributed by atoms with van der Waals surface area (Å²) in [5.41, 5.74) is 6.31. The molecule has 19 heavy (non-hydrogen) atoms. The van der Waals surface area contributed by atoms with Gasteiger partial charge in [-0.3, -0.25) is 0 Å². The first-order valence-electron chi connectivity index (χ1n) is 5.11. The molecule has 1 atom stereocenters. The molecule has 1 aromatic rings. The minimum absolute atomic E-state index is 0.0342. The predicted octanol–water partition coefficient (Wildman–Crippen LogP) is 3.49. The Balaban J connectivity index is 2.80. The molecule has 0 aliphatic rings. The van der Waals surface area contributed by atoms with E-state index in [1.807, 2.05) is 0 Å². The van der Waals surface area contributed by atoms with Crippen LogP contribution in [0.5, 0.6) is 0 Å². The normalized spacial score (nSPS) is 12.3. The molecule has 0 aliphatic heterocycles. The highest BCUT2D eigenvalue weighted by molar-refractivity contribution is 6.49. The Morgan fingerprint density at radius 3 is 2.47 bits per heavy atom. The highest BCUT2D eigenvalue weighted by atomic mass is 35.5. The summed E-state index contributed by atoms with van der Waals surface area (Å²) in [6, 6.07) is 0.812. The van der Waals surface area contributed by atoms with Gasteiger partial charge in [-0.2, -0.15) is 0 Å². The quantitative estimate of drug-likeness (QED) is 0.503. The standard InChI is InChI=1S/C11H11Cl4NO3/c1-18-8(17)4-19-3-7(16)9-5(12)2-6(13)10(14)11(9)15/h2,7H,3-4,16H2,1H3. The number of carbonyl (C=O) groups excluding carboxylic acids is 1. The number of halogens is 4. The van der Waals surface area contributed by atoms with Crippen molar-refractivity contribution < 1.29 is 14.3 Å². The van der Waals surface area contributed by atoms with Crippen molar-refractivity contribution in [2.24, 2.45) is 5.73 Å². The fourth-order valence-electron chi connectivity index (χ4n) is 1.33. The maximum absolute atomic E-state index is 10.9. The summed E-state index contributed by atoms with van der Waals surface area (Å²) in [7, 11) is 1.26. The minimum atomic E-state index is -0.639. The number of rotatable bonds is 5. The average Bonchev–Trinajstić information content (AvgIpc) is 2.35. The number of nitrogens with two attached hydrogens (primary N) is 1. The molecule has 0 aliphatic carbocycles. The van der Waals surface area contributed by atoms with E-state index in [2.05, 4.69) is 4.74 Å². The monoisotopic (exact) mass is 345 g/mol. The number of methoxy groups -OCH3 is 1. The SMILES string of the molecule is COC(=O)COCC(N)c1c(Cl)cc(Cl)c(Cl)c1Cl. The summed E-state index contributed by atoms with van der Waals surface area (Å²) in [6.45, 7) is -0.173.